The van der Waals surface area contributed by atoms with Crippen LogP contribution in [0.3, 0.4) is 0 Å². The van der Waals surface area contributed by atoms with Crippen LogP contribution in [0.1, 0.15) is 56.1 Å². The Hall–Kier alpha value is 0.526. The molecule has 5 nitrogen and oxygen atoms in total. The maximum atomic E-state index is 11.1. The van der Waals surface area contributed by atoms with E-state index in [-0.39, 0.29) is 56.8 Å². The summed E-state index contributed by atoms with van der Waals surface area (Å²) in [6.07, 6.45) is 4.95. The summed E-state index contributed by atoms with van der Waals surface area (Å²) in [5, 5.41) is 9.72. The second kappa shape index (κ2) is 7.17. The van der Waals surface area contributed by atoms with E-state index in [1.165, 1.54) is 11.1 Å². The third kappa shape index (κ3) is 3.63. The predicted molar refractivity (Wildman–Crippen MR) is 87.3 cm³/mol. The Kier molecular flexibility index (Phi) is 5.81. The van der Waals surface area contributed by atoms with Crippen molar-refractivity contribution in [1.82, 2.24) is 0 Å². The molecule has 0 unspecified atom stereocenters. The maximum absolute atomic E-state index is 11.1. The quantitative estimate of drug-likeness (QED) is 0.440. The average molecular weight is 391 g/mol. The topological polar surface area (TPSA) is 86.7 Å². The van der Waals surface area contributed by atoms with Gasteiger partial charge in [0, 0.05) is 0 Å². The fraction of sp³-hybridized carbons (Fsp3) is 0.667. The van der Waals surface area contributed by atoms with Crippen molar-refractivity contribution in [2.45, 2.75) is 57.5 Å². The van der Waals surface area contributed by atoms with E-state index in [4.69, 9.17) is 4.18 Å². The number of hydrogen-bond acceptors (Lipinski definition) is 5. The van der Waals surface area contributed by atoms with E-state index in [0.717, 1.165) is 32.1 Å². The molecular weight excluding hydrogens is 367 g/mol. The van der Waals surface area contributed by atoms with Crippen LogP contribution in [0, 0.1) is 17.3 Å². The molecule has 0 saturated heterocycles. The van der Waals surface area contributed by atoms with Crippen LogP contribution in [-0.2, 0) is 21.0 Å². The van der Waals surface area contributed by atoms with Crippen LogP contribution in [0.2, 0.25) is 0 Å². The van der Waals surface area contributed by atoms with Crippen LogP contribution in [0.15, 0.2) is 18.2 Å². The van der Waals surface area contributed by atoms with E-state index in [2.05, 4.69) is 13.0 Å². The molecule has 0 amide bonds. The fourth-order valence-corrected chi connectivity index (χ4v) is 6.42. The Balaban J connectivity index is 0.00000182. The minimum Gasteiger partial charge on any atom is -0.726 e. The molecular formula is C18H23KO5S. The Morgan fingerprint density at radius 3 is 2.72 bits per heavy atom. The van der Waals surface area contributed by atoms with Crippen molar-refractivity contribution in [3.05, 3.63) is 29.3 Å². The number of phenolic OH excluding ortho intramolecular Hbond substituents is 1. The zero-order valence-electron chi connectivity index (χ0n) is 14.8. The van der Waals surface area contributed by atoms with Crippen molar-refractivity contribution in [2.24, 2.45) is 17.3 Å². The van der Waals surface area contributed by atoms with Crippen LogP contribution in [0.4, 0.5) is 0 Å². The van der Waals surface area contributed by atoms with Gasteiger partial charge in [-0.3, -0.25) is 4.18 Å². The Morgan fingerprint density at radius 2 is 2.00 bits per heavy atom. The molecule has 2 fully saturated rings. The van der Waals surface area contributed by atoms with Gasteiger partial charge in [0.2, 0.25) is 10.4 Å². The molecule has 3 aliphatic carbocycles. The van der Waals surface area contributed by atoms with E-state index in [1.807, 2.05) is 6.07 Å². The van der Waals surface area contributed by atoms with Gasteiger partial charge in [0.1, 0.15) is 5.75 Å². The Morgan fingerprint density at radius 1 is 1.24 bits per heavy atom. The SMILES string of the molecule is C[C@]12CC[C@@H]3c4ccc(O)cc4CC[C@H]3[C@@H]1CC[C@H]2OS(=O)(=O)[O-].[K+]. The summed E-state index contributed by atoms with van der Waals surface area (Å²) in [4.78, 5) is 0. The molecule has 2 saturated carbocycles. The molecule has 4 rings (SSSR count). The summed E-state index contributed by atoms with van der Waals surface area (Å²) in [6, 6.07) is 5.69. The van der Waals surface area contributed by atoms with Gasteiger partial charge in [-0.1, -0.05) is 13.0 Å². The largest absolute Gasteiger partial charge is 1.00 e. The van der Waals surface area contributed by atoms with Gasteiger partial charge >= 0.3 is 51.4 Å². The molecule has 0 aromatic heterocycles. The van der Waals surface area contributed by atoms with Gasteiger partial charge in [0.15, 0.2) is 0 Å². The van der Waals surface area contributed by atoms with Crippen LogP contribution in [0.25, 0.3) is 0 Å². The van der Waals surface area contributed by atoms with E-state index in [9.17, 15) is 18.1 Å². The zero-order valence-corrected chi connectivity index (χ0v) is 18.7. The molecule has 1 aromatic rings. The number of aryl methyl sites for hydroxylation is 1. The first-order chi connectivity index (χ1) is 11.3. The minimum absolute atomic E-state index is 0. The molecule has 132 valence electrons. The van der Waals surface area contributed by atoms with Gasteiger partial charge in [0.25, 0.3) is 0 Å². The van der Waals surface area contributed by atoms with Crippen molar-refractivity contribution < 1.29 is 73.6 Å². The molecule has 25 heavy (non-hydrogen) atoms. The summed E-state index contributed by atoms with van der Waals surface area (Å²) in [7, 11) is -4.66. The van der Waals surface area contributed by atoms with E-state index in [1.54, 1.807) is 6.07 Å². The summed E-state index contributed by atoms with van der Waals surface area (Å²) in [5.41, 5.74) is 2.35. The molecule has 1 aromatic carbocycles. The number of rotatable bonds is 2. The third-order valence-electron chi connectivity index (χ3n) is 6.86. The van der Waals surface area contributed by atoms with Crippen LogP contribution < -0.4 is 51.4 Å². The van der Waals surface area contributed by atoms with Gasteiger partial charge in [0.05, 0.1) is 6.10 Å². The average Bonchev–Trinajstić information content (AvgIpc) is 2.82. The molecule has 5 atom stereocenters. The van der Waals surface area contributed by atoms with Gasteiger partial charge < -0.3 is 9.66 Å². The Bertz CT molecular complexity index is 765. The second-order valence-electron chi connectivity index (χ2n) is 7.91. The van der Waals surface area contributed by atoms with Crippen LogP contribution >= 0.6 is 0 Å². The van der Waals surface area contributed by atoms with Gasteiger partial charge in [-0.05, 0) is 85.0 Å². The molecule has 1 N–H and O–H groups in total. The van der Waals surface area contributed by atoms with E-state index >= 15 is 0 Å². The van der Waals surface area contributed by atoms with Crippen molar-refractivity contribution in [3.63, 3.8) is 0 Å². The Labute approximate surface area is 191 Å². The first-order valence-corrected chi connectivity index (χ1v) is 10.1. The van der Waals surface area contributed by atoms with Crippen LogP contribution in [0.5, 0.6) is 5.75 Å². The van der Waals surface area contributed by atoms with Crippen molar-refractivity contribution in [3.8, 4) is 5.75 Å². The molecule has 3 aliphatic rings. The third-order valence-corrected chi connectivity index (χ3v) is 7.33. The maximum Gasteiger partial charge on any atom is 1.00 e. The van der Waals surface area contributed by atoms with Gasteiger partial charge in [-0.2, -0.15) is 0 Å². The van der Waals surface area contributed by atoms with Crippen molar-refractivity contribution >= 4 is 10.4 Å². The summed E-state index contributed by atoms with van der Waals surface area (Å²) >= 11 is 0. The van der Waals surface area contributed by atoms with Crippen molar-refractivity contribution in [1.29, 1.82) is 0 Å². The number of aromatic hydroxyl groups is 1. The fourth-order valence-electron chi connectivity index (χ4n) is 5.82. The van der Waals surface area contributed by atoms with E-state index < -0.39 is 16.5 Å². The molecule has 0 heterocycles. The number of hydrogen-bond donors (Lipinski definition) is 1. The smallest absolute Gasteiger partial charge is 0.726 e. The standard InChI is InChI=1S/C18H24O5S.K/c1-18-9-8-14-13-5-3-12(19)10-11(13)2-4-15(14)16(18)6-7-17(18)23-24(20,21)22;/h3,5,10,14-17,19H,2,4,6-9H2,1H3,(H,20,21,22);/q;+1/p-1/t14-,15-,16+,17-,18+;/m1./s1. The summed E-state index contributed by atoms with van der Waals surface area (Å²) in [5.74, 6) is 1.69. The molecule has 0 bridgehead atoms. The number of fused-ring (bicyclic) bond motifs is 5. The van der Waals surface area contributed by atoms with Crippen LogP contribution in [-0.4, -0.2) is 24.2 Å². The molecule has 0 spiro atoms. The molecule has 0 radical (unpaired) electrons. The summed E-state index contributed by atoms with van der Waals surface area (Å²) in [6.45, 7) is 2.10. The number of benzene rings is 1. The monoisotopic (exact) mass is 390 g/mol. The second-order valence-corrected chi connectivity index (χ2v) is 8.92. The van der Waals surface area contributed by atoms with Gasteiger partial charge in [-0.25, -0.2) is 8.42 Å². The normalized spacial score (nSPS) is 36.7. The predicted octanol–water partition coefficient (Wildman–Crippen LogP) is 0.0977. The van der Waals surface area contributed by atoms with Crippen molar-refractivity contribution in [2.75, 3.05) is 0 Å². The first kappa shape index (κ1) is 20.3. The number of phenols is 1. The summed E-state index contributed by atoms with van der Waals surface area (Å²) < 4.78 is 38.2. The van der Waals surface area contributed by atoms with E-state index in [0.29, 0.717) is 29.9 Å². The first-order valence-electron chi connectivity index (χ1n) is 8.74. The molecule has 0 aliphatic heterocycles. The van der Waals surface area contributed by atoms with Gasteiger partial charge in [-0.15, -0.1) is 0 Å². The molecule has 7 heteroatoms. The zero-order chi connectivity index (χ0) is 17.1. The minimum atomic E-state index is -4.66.